The molecular weight excluding hydrogens is 464 g/mol. The molecule has 3 rings (SSSR count). The van der Waals surface area contributed by atoms with Crippen LogP contribution in [0.5, 0.6) is 0 Å². The Bertz CT molecular complexity index is 1180. The molecule has 0 N–H and O–H groups in total. The minimum absolute atomic E-state index is 0.194. The van der Waals surface area contributed by atoms with Gasteiger partial charge in [-0.25, -0.2) is 16.8 Å². The maximum absolute atomic E-state index is 13.1. The first-order valence-electron chi connectivity index (χ1n) is 9.38. The molecule has 0 amide bonds. The number of rotatable bonds is 6. The van der Waals surface area contributed by atoms with Crippen LogP contribution in [0, 0.1) is 20.2 Å². The monoisotopic (exact) mass is 484 g/mol. The van der Waals surface area contributed by atoms with E-state index in [0.29, 0.717) is 0 Å². The Hall–Kier alpha value is -2.94. The highest BCUT2D eigenvalue weighted by atomic mass is 32.2. The van der Waals surface area contributed by atoms with E-state index in [2.05, 4.69) is 0 Å². The predicted molar refractivity (Wildman–Crippen MR) is 113 cm³/mol. The molecule has 0 radical (unpaired) electrons. The van der Waals surface area contributed by atoms with Crippen LogP contribution in [0.3, 0.4) is 0 Å². The van der Waals surface area contributed by atoms with Crippen molar-refractivity contribution < 1.29 is 26.7 Å². The minimum Gasteiger partial charge on any atom is -0.258 e. The van der Waals surface area contributed by atoms with Gasteiger partial charge in [0.1, 0.15) is 0 Å². The lowest BCUT2D eigenvalue weighted by Crippen LogP contribution is -2.59. The number of non-ortho nitro benzene ring substituents is 2. The zero-order valence-corrected chi connectivity index (χ0v) is 18.7. The molecule has 14 heteroatoms. The van der Waals surface area contributed by atoms with E-state index in [-0.39, 0.29) is 34.3 Å². The average Bonchev–Trinajstić information content (AvgIpc) is 2.75. The van der Waals surface area contributed by atoms with Crippen molar-refractivity contribution in [3.63, 3.8) is 0 Å². The van der Waals surface area contributed by atoms with Crippen LogP contribution in [-0.4, -0.2) is 60.5 Å². The molecule has 2 unspecified atom stereocenters. The molecule has 2 aromatic rings. The highest BCUT2D eigenvalue weighted by Crippen LogP contribution is 2.30. The summed E-state index contributed by atoms with van der Waals surface area (Å²) in [6, 6.07) is 7.70. The van der Waals surface area contributed by atoms with Gasteiger partial charge >= 0.3 is 0 Å². The van der Waals surface area contributed by atoms with Gasteiger partial charge in [-0.05, 0) is 26.0 Å². The minimum atomic E-state index is -4.13. The second kappa shape index (κ2) is 8.54. The van der Waals surface area contributed by atoms with Gasteiger partial charge in [0, 0.05) is 49.4 Å². The molecule has 0 spiro atoms. The third-order valence-corrected chi connectivity index (χ3v) is 9.09. The van der Waals surface area contributed by atoms with E-state index in [1.165, 1.54) is 50.2 Å². The Labute approximate surface area is 184 Å². The van der Waals surface area contributed by atoms with E-state index < -0.39 is 42.0 Å². The third-order valence-electron chi connectivity index (χ3n) is 5.14. The number of nitrogens with zero attached hydrogens (tertiary/aromatic N) is 4. The molecule has 0 aliphatic carbocycles. The van der Waals surface area contributed by atoms with Crippen molar-refractivity contribution in [3.05, 3.63) is 68.8 Å². The second-order valence-electron chi connectivity index (χ2n) is 7.36. The first-order chi connectivity index (χ1) is 14.9. The standard InChI is InChI=1S/C18H20N4O8S2/c1-13-11-20(32(29,30)18-8-4-6-16(10-18)22(25)26)14(2)12-19(13)31(27,28)17-7-3-5-15(9-17)21(23)24/h3-10,13-14H,11-12H2,1-2H3. The highest BCUT2D eigenvalue weighted by Gasteiger charge is 2.42. The molecule has 1 fully saturated rings. The van der Waals surface area contributed by atoms with Gasteiger partial charge in [-0.15, -0.1) is 0 Å². The molecule has 172 valence electrons. The number of nitro benzene ring substituents is 2. The summed E-state index contributed by atoms with van der Waals surface area (Å²) in [5.41, 5.74) is -0.752. The normalized spacial score (nSPS) is 20.7. The molecule has 1 heterocycles. The maximum atomic E-state index is 13.1. The van der Waals surface area contributed by atoms with Crippen LogP contribution in [0.2, 0.25) is 0 Å². The van der Waals surface area contributed by atoms with Gasteiger partial charge in [0.2, 0.25) is 20.0 Å². The first kappa shape index (κ1) is 23.7. The van der Waals surface area contributed by atoms with Crippen molar-refractivity contribution >= 4 is 31.4 Å². The summed E-state index contributed by atoms with van der Waals surface area (Å²) in [4.78, 5) is 20.1. The van der Waals surface area contributed by atoms with Crippen molar-refractivity contribution in [1.29, 1.82) is 0 Å². The zero-order valence-electron chi connectivity index (χ0n) is 17.1. The number of nitro groups is 2. The lowest BCUT2D eigenvalue weighted by molar-refractivity contribution is -0.385. The Kier molecular flexibility index (Phi) is 6.33. The van der Waals surface area contributed by atoms with Gasteiger partial charge in [0.15, 0.2) is 0 Å². The van der Waals surface area contributed by atoms with Gasteiger partial charge in [-0.2, -0.15) is 8.61 Å². The van der Waals surface area contributed by atoms with E-state index in [4.69, 9.17) is 0 Å². The number of sulfonamides is 2. The lowest BCUT2D eigenvalue weighted by atomic mass is 10.2. The van der Waals surface area contributed by atoms with E-state index in [1.54, 1.807) is 0 Å². The number of hydrogen-bond donors (Lipinski definition) is 0. The molecule has 0 aromatic heterocycles. The molecule has 1 saturated heterocycles. The van der Waals surface area contributed by atoms with Crippen LogP contribution < -0.4 is 0 Å². The summed E-state index contributed by atoms with van der Waals surface area (Å²) >= 11 is 0. The maximum Gasteiger partial charge on any atom is 0.270 e. The fourth-order valence-corrected chi connectivity index (χ4v) is 7.01. The first-order valence-corrected chi connectivity index (χ1v) is 12.3. The van der Waals surface area contributed by atoms with E-state index >= 15 is 0 Å². The zero-order chi connectivity index (χ0) is 23.8. The van der Waals surface area contributed by atoms with Crippen LogP contribution in [0.15, 0.2) is 58.3 Å². The summed E-state index contributed by atoms with van der Waals surface area (Å²) < 4.78 is 54.7. The molecule has 1 aliphatic rings. The smallest absolute Gasteiger partial charge is 0.258 e. The molecule has 0 bridgehead atoms. The number of benzene rings is 2. The lowest BCUT2D eigenvalue weighted by Gasteiger charge is -2.42. The molecule has 12 nitrogen and oxygen atoms in total. The van der Waals surface area contributed by atoms with Crippen molar-refractivity contribution in [3.8, 4) is 0 Å². The fourth-order valence-electron chi connectivity index (χ4n) is 3.52. The summed E-state index contributed by atoms with van der Waals surface area (Å²) in [6.45, 7) is 2.66. The van der Waals surface area contributed by atoms with Crippen LogP contribution in [-0.2, 0) is 20.0 Å². The molecule has 2 aromatic carbocycles. The van der Waals surface area contributed by atoms with Crippen molar-refractivity contribution in [2.45, 2.75) is 35.7 Å². The van der Waals surface area contributed by atoms with Gasteiger partial charge in [-0.3, -0.25) is 20.2 Å². The fraction of sp³-hybridized carbons (Fsp3) is 0.333. The molecule has 2 atom stereocenters. The average molecular weight is 485 g/mol. The quantitative estimate of drug-likeness (QED) is 0.444. The number of hydrogen-bond acceptors (Lipinski definition) is 8. The van der Waals surface area contributed by atoms with Gasteiger partial charge in [-0.1, -0.05) is 12.1 Å². The Morgan fingerprint density at radius 2 is 1.09 bits per heavy atom. The Balaban J connectivity index is 1.91. The van der Waals surface area contributed by atoms with Crippen LogP contribution in [0.4, 0.5) is 11.4 Å². The SMILES string of the molecule is CC1CN(S(=O)(=O)c2cccc([N+](=O)[O-])c2)C(C)CN1S(=O)(=O)c1cccc([N+](=O)[O-])c1. The van der Waals surface area contributed by atoms with Crippen LogP contribution in [0.1, 0.15) is 13.8 Å². The topological polar surface area (TPSA) is 161 Å². The van der Waals surface area contributed by atoms with Crippen molar-refractivity contribution in [2.24, 2.45) is 0 Å². The van der Waals surface area contributed by atoms with Crippen molar-refractivity contribution in [1.82, 2.24) is 8.61 Å². The van der Waals surface area contributed by atoms with Crippen LogP contribution in [0.25, 0.3) is 0 Å². The predicted octanol–water partition coefficient (Wildman–Crippen LogP) is 1.98. The Morgan fingerprint density at radius 3 is 1.41 bits per heavy atom. The molecule has 32 heavy (non-hydrogen) atoms. The van der Waals surface area contributed by atoms with Gasteiger partial charge in [0.05, 0.1) is 19.6 Å². The Morgan fingerprint density at radius 1 is 0.750 bits per heavy atom. The third kappa shape index (κ3) is 4.34. The summed E-state index contributed by atoms with van der Waals surface area (Å²) in [5, 5.41) is 22.0. The van der Waals surface area contributed by atoms with Gasteiger partial charge in [0.25, 0.3) is 11.4 Å². The molecule has 0 saturated carbocycles. The van der Waals surface area contributed by atoms with E-state index in [1.807, 2.05) is 0 Å². The number of piperazine rings is 1. The van der Waals surface area contributed by atoms with E-state index in [0.717, 1.165) is 20.7 Å². The molecule has 1 aliphatic heterocycles. The van der Waals surface area contributed by atoms with E-state index in [9.17, 15) is 37.1 Å². The van der Waals surface area contributed by atoms with Gasteiger partial charge < -0.3 is 0 Å². The summed E-state index contributed by atoms with van der Waals surface area (Å²) in [5.74, 6) is 0. The van der Waals surface area contributed by atoms with Crippen LogP contribution >= 0.6 is 0 Å². The largest absolute Gasteiger partial charge is 0.270 e. The second-order valence-corrected chi connectivity index (χ2v) is 11.1. The molecular formula is C18H20N4O8S2. The summed E-state index contributed by atoms with van der Waals surface area (Å²) in [6.07, 6.45) is 0. The highest BCUT2D eigenvalue weighted by molar-refractivity contribution is 7.89. The van der Waals surface area contributed by atoms with Crippen molar-refractivity contribution in [2.75, 3.05) is 13.1 Å². The summed E-state index contributed by atoms with van der Waals surface area (Å²) in [7, 11) is -8.27.